The molecule has 0 aromatic carbocycles. The molecule has 2 aromatic rings. The molecular formula is C24H30N4O4. The lowest BCUT2D eigenvalue weighted by Gasteiger charge is -2.37. The minimum Gasteiger partial charge on any atom is -0.472 e. The van der Waals surface area contributed by atoms with Gasteiger partial charge in [0.1, 0.15) is 11.7 Å². The molecular weight excluding hydrogens is 408 g/mol. The minimum atomic E-state index is -0.357. The third-order valence-corrected chi connectivity index (χ3v) is 6.27. The van der Waals surface area contributed by atoms with Gasteiger partial charge in [-0.3, -0.25) is 14.6 Å². The van der Waals surface area contributed by atoms with Gasteiger partial charge in [-0.05, 0) is 31.9 Å². The Labute approximate surface area is 188 Å². The maximum Gasteiger partial charge on any atom is 0.259 e. The first kappa shape index (κ1) is 22.2. The van der Waals surface area contributed by atoms with E-state index in [0.717, 1.165) is 24.0 Å². The number of hydrogen-bond acceptors (Lipinski definition) is 6. The van der Waals surface area contributed by atoms with Crippen LogP contribution in [-0.4, -0.2) is 75.6 Å². The summed E-state index contributed by atoms with van der Waals surface area (Å²) in [7, 11) is 1.80. The summed E-state index contributed by atoms with van der Waals surface area (Å²) >= 11 is 0. The van der Waals surface area contributed by atoms with Crippen molar-refractivity contribution in [2.24, 2.45) is 11.8 Å². The van der Waals surface area contributed by atoms with Crippen LogP contribution in [0.3, 0.4) is 0 Å². The fourth-order valence-corrected chi connectivity index (χ4v) is 4.01. The number of amides is 2. The third-order valence-electron chi connectivity index (χ3n) is 6.27. The van der Waals surface area contributed by atoms with Crippen LogP contribution in [0.4, 0.5) is 0 Å². The smallest absolute Gasteiger partial charge is 0.259 e. The number of rotatable bonds is 6. The highest BCUT2D eigenvalue weighted by atomic mass is 16.5. The van der Waals surface area contributed by atoms with E-state index >= 15 is 0 Å². The highest BCUT2D eigenvalue weighted by Crippen LogP contribution is 2.32. The average Bonchev–Trinajstić information content (AvgIpc) is 3.66. The first-order valence-corrected chi connectivity index (χ1v) is 11.1. The van der Waals surface area contributed by atoms with Gasteiger partial charge < -0.3 is 19.6 Å². The Balaban J connectivity index is 1.69. The largest absolute Gasteiger partial charge is 0.472 e. The van der Waals surface area contributed by atoms with Crippen molar-refractivity contribution in [1.82, 2.24) is 19.8 Å². The molecule has 0 saturated heterocycles. The number of carbonyl (C=O) groups is 2. The molecule has 2 amide bonds. The number of fused-ring (bicyclic) bond motifs is 1. The van der Waals surface area contributed by atoms with Crippen LogP contribution < -0.4 is 4.74 Å². The van der Waals surface area contributed by atoms with E-state index < -0.39 is 0 Å². The fourth-order valence-electron chi connectivity index (χ4n) is 4.01. The average molecular weight is 439 g/mol. The van der Waals surface area contributed by atoms with E-state index in [2.05, 4.69) is 9.97 Å². The first-order valence-electron chi connectivity index (χ1n) is 11.1. The molecule has 0 spiro atoms. The molecule has 0 radical (unpaired) electrons. The van der Waals surface area contributed by atoms with Gasteiger partial charge in [0.15, 0.2) is 0 Å². The van der Waals surface area contributed by atoms with Gasteiger partial charge in [0.25, 0.3) is 5.91 Å². The maximum absolute atomic E-state index is 13.5. The second-order valence-electron chi connectivity index (χ2n) is 8.93. The summed E-state index contributed by atoms with van der Waals surface area (Å²) in [5.74, 6) is 0.230. The molecule has 3 heterocycles. The molecule has 170 valence electrons. The number of aromatic nitrogens is 2. The van der Waals surface area contributed by atoms with Crippen molar-refractivity contribution in [1.29, 1.82) is 0 Å². The molecule has 1 saturated carbocycles. The van der Waals surface area contributed by atoms with Crippen molar-refractivity contribution in [3.05, 3.63) is 42.4 Å². The quantitative estimate of drug-likeness (QED) is 0.743. The lowest BCUT2D eigenvalue weighted by atomic mass is 9.99. The van der Waals surface area contributed by atoms with Crippen LogP contribution >= 0.6 is 0 Å². The molecule has 32 heavy (non-hydrogen) atoms. The van der Waals surface area contributed by atoms with Crippen molar-refractivity contribution in [3.8, 4) is 17.0 Å². The van der Waals surface area contributed by atoms with Crippen molar-refractivity contribution < 1.29 is 19.4 Å². The topological polar surface area (TPSA) is 95.9 Å². The van der Waals surface area contributed by atoms with Crippen LogP contribution in [0.2, 0.25) is 0 Å². The summed E-state index contributed by atoms with van der Waals surface area (Å²) in [5, 5.41) is 9.78. The molecule has 8 nitrogen and oxygen atoms in total. The van der Waals surface area contributed by atoms with E-state index in [9.17, 15) is 14.7 Å². The van der Waals surface area contributed by atoms with E-state index in [-0.39, 0.29) is 48.3 Å². The van der Waals surface area contributed by atoms with E-state index in [1.54, 1.807) is 41.5 Å². The molecule has 0 bridgehead atoms. The SMILES string of the molecule is C[C@H](CO)N1C[C@H](C)[C@H](CN(C)C(=O)C2CC2)Oc2ncc(-c3cccnc3)cc2C1=O. The van der Waals surface area contributed by atoms with Crippen LogP contribution in [0.25, 0.3) is 11.1 Å². The molecule has 3 atom stereocenters. The zero-order chi connectivity index (χ0) is 22.8. The maximum atomic E-state index is 13.5. The monoisotopic (exact) mass is 438 g/mol. The molecule has 0 unspecified atom stereocenters. The van der Waals surface area contributed by atoms with Gasteiger partial charge in [0.05, 0.1) is 19.2 Å². The van der Waals surface area contributed by atoms with Crippen molar-refractivity contribution in [2.75, 3.05) is 26.7 Å². The van der Waals surface area contributed by atoms with E-state index in [4.69, 9.17) is 4.74 Å². The number of ether oxygens (including phenoxy) is 1. The Bertz CT molecular complexity index is 979. The summed E-state index contributed by atoms with van der Waals surface area (Å²) in [6, 6.07) is 5.14. The molecule has 1 fully saturated rings. The van der Waals surface area contributed by atoms with Gasteiger partial charge in [0.2, 0.25) is 11.8 Å². The van der Waals surface area contributed by atoms with Gasteiger partial charge in [-0.1, -0.05) is 13.0 Å². The molecule has 2 aliphatic rings. The Hall–Kier alpha value is -3.00. The third kappa shape index (κ3) is 4.60. The fraction of sp³-hybridized carbons (Fsp3) is 0.500. The van der Waals surface area contributed by atoms with Crippen molar-refractivity contribution >= 4 is 11.8 Å². The normalized spacial score (nSPS) is 21.8. The Morgan fingerprint density at radius 3 is 2.78 bits per heavy atom. The predicted molar refractivity (Wildman–Crippen MR) is 119 cm³/mol. The van der Waals surface area contributed by atoms with Crippen LogP contribution in [0, 0.1) is 11.8 Å². The lowest BCUT2D eigenvalue weighted by molar-refractivity contribution is -0.132. The molecule has 2 aromatic heterocycles. The zero-order valence-corrected chi connectivity index (χ0v) is 18.8. The minimum absolute atomic E-state index is 0.0599. The van der Waals surface area contributed by atoms with Gasteiger partial charge in [-0.15, -0.1) is 0 Å². The standard InChI is InChI=1S/C24H30N4O4/c1-15-12-28(16(2)14-29)24(31)20-9-19(18-5-4-8-25-10-18)11-26-22(20)32-21(15)13-27(3)23(30)17-6-7-17/h4-5,8-11,15-17,21,29H,6-7,12-14H2,1-3H3/t15-,16+,21-/m0/s1. The molecule has 4 rings (SSSR count). The predicted octanol–water partition coefficient (Wildman–Crippen LogP) is 2.23. The molecule has 1 N–H and O–H groups in total. The summed E-state index contributed by atoms with van der Waals surface area (Å²) in [4.78, 5) is 38.0. The summed E-state index contributed by atoms with van der Waals surface area (Å²) in [5.41, 5.74) is 1.95. The van der Waals surface area contributed by atoms with Crippen molar-refractivity contribution in [2.45, 2.75) is 38.8 Å². The highest BCUT2D eigenvalue weighted by Gasteiger charge is 2.37. The summed E-state index contributed by atoms with van der Waals surface area (Å²) in [6.45, 7) is 4.50. The van der Waals surface area contributed by atoms with E-state index in [0.29, 0.717) is 18.7 Å². The van der Waals surface area contributed by atoms with Gasteiger partial charge >= 0.3 is 0 Å². The lowest BCUT2D eigenvalue weighted by Crippen LogP contribution is -2.50. The number of aliphatic hydroxyl groups excluding tert-OH is 1. The second kappa shape index (κ2) is 9.24. The molecule has 8 heteroatoms. The Morgan fingerprint density at radius 1 is 1.34 bits per heavy atom. The van der Waals surface area contributed by atoms with Gasteiger partial charge in [-0.2, -0.15) is 0 Å². The number of hydrogen-bond donors (Lipinski definition) is 1. The zero-order valence-electron chi connectivity index (χ0n) is 18.8. The van der Waals surface area contributed by atoms with Gasteiger partial charge in [-0.25, -0.2) is 4.98 Å². The number of aliphatic hydroxyl groups is 1. The van der Waals surface area contributed by atoms with E-state index in [1.165, 1.54) is 0 Å². The second-order valence-corrected chi connectivity index (χ2v) is 8.93. The van der Waals surface area contributed by atoms with E-state index in [1.807, 2.05) is 26.0 Å². The first-order chi connectivity index (χ1) is 15.4. The molecule has 1 aliphatic carbocycles. The number of nitrogens with zero attached hydrogens (tertiary/aromatic N) is 4. The number of likely N-dealkylation sites (N-methyl/N-ethyl adjacent to an activating group) is 1. The van der Waals surface area contributed by atoms with Crippen LogP contribution in [0.1, 0.15) is 37.0 Å². The Kier molecular flexibility index (Phi) is 6.41. The van der Waals surface area contributed by atoms with Crippen LogP contribution in [0.15, 0.2) is 36.8 Å². The van der Waals surface area contributed by atoms with Crippen molar-refractivity contribution in [3.63, 3.8) is 0 Å². The highest BCUT2D eigenvalue weighted by molar-refractivity contribution is 5.98. The Morgan fingerprint density at radius 2 is 2.12 bits per heavy atom. The van der Waals surface area contributed by atoms with Crippen LogP contribution in [0.5, 0.6) is 5.88 Å². The number of carbonyl (C=O) groups excluding carboxylic acids is 2. The number of pyridine rings is 2. The van der Waals surface area contributed by atoms with Gasteiger partial charge in [0, 0.05) is 55.1 Å². The summed E-state index contributed by atoms with van der Waals surface area (Å²) < 4.78 is 6.26. The van der Waals surface area contributed by atoms with Crippen LogP contribution in [-0.2, 0) is 4.79 Å². The molecule has 1 aliphatic heterocycles. The summed E-state index contributed by atoms with van der Waals surface area (Å²) in [6.07, 6.45) is 6.64.